The van der Waals surface area contributed by atoms with Crippen molar-refractivity contribution in [3.8, 4) is 0 Å². The van der Waals surface area contributed by atoms with Gasteiger partial charge in [0.05, 0.1) is 0 Å². The summed E-state index contributed by atoms with van der Waals surface area (Å²) < 4.78 is 0. The van der Waals surface area contributed by atoms with Gasteiger partial charge < -0.3 is 10.6 Å². The summed E-state index contributed by atoms with van der Waals surface area (Å²) in [6.45, 7) is 10.5. The van der Waals surface area contributed by atoms with Crippen molar-refractivity contribution in [2.45, 2.75) is 52.5 Å². The maximum absolute atomic E-state index is 3.65. The fourth-order valence-corrected chi connectivity index (χ4v) is 2.49. The van der Waals surface area contributed by atoms with Crippen molar-refractivity contribution in [2.75, 3.05) is 19.6 Å². The van der Waals surface area contributed by atoms with Crippen LogP contribution in [0.15, 0.2) is 0 Å². The Bertz CT molecular complexity index is 155. The number of nitrogens with one attached hydrogen (secondary N) is 2. The molecule has 1 rings (SSSR count). The highest BCUT2D eigenvalue weighted by atomic mass is 14.9. The van der Waals surface area contributed by atoms with Crippen LogP contribution in [0.4, 0.5) is 0 Å². The molecule has 2 unspecified atom stereocenters. The lowest BCUT2D eigenvalue weighted by atomic mass is 9.93. The third-order valence-electron chi connectivity index (χ3n) is 3.75. The summed E-state index contributed by atoms with van der Waals surface area (Å²) >= 11 is 0. The molecule has 0 aromatic rings. The maximum atomic E-state index is 3.65. The van der Waals surface area contributed by atoms with Gasteiger partial charge in [0, 0.05) is 6.04 Å². The van der Waals surface area contributed by atoms with Crippen LogP contribution in [0, 0.1) is 11.8 Å². The van der Waals surface area contributed by atoms with Crippen LogP contribution in [0.3, 0.4) is 0 Å². The van der Waals surface area contributed by atoms with Crippen LogP contribution in [-0.2, 0) is 0 Å². The van der Waals surface area contributed by atoms with Crippen molar-refractivity contribution in [3.63, 3.8) is 0 Å². The highest BCUT2D eigenvalue weighted by molar-refractivity contribution is 4.76. The minimum atomic E-state index is 0.721. The Hall–Kier alpha value is -0.0800. The minimum absolute atomic E-state index is 0.721. The van der Waals surface area contributed by atoms with E-state index in [1.165, 1.54) is 45.3 Å². The maximum Gasteiger partial charge on any atom is 0.00418 e. The lowest BCUT2D eigenvalue weighted by Gasteiger charge is -2.28. The van der Waals surface area contributed by atoms with Crippen LogP contribution in [-0.4, -0.2) is 25.7 Å². The average Bonchev–Trinajstić information content (AvgIpc) is 2.25. The molecule has 1 fully saturated rings. The van der Waals surface area contributed by atoms with E-state index >= 15 is 0 Å². The Morgan fingerprint density at radius 3 is 2.67 bits per heavy atom. The summed E-state index contributed by atoms with van der Waals surface area (Å²) in [5.41, 5.74) is 0. The largest absolute Gasteiger partial charge is 0.316 e. The van der Waals surface area contributed by atoms with Crippen LogP contribution >= 0.6 is 0 Å². The van der Waals surface area contributed by atoms with E-state index in [1.54, 1.807) is 0 Å². The van der Waals surface area contributed by atoms with E-state index < -0.39 is 0 Å². The monoisotopic (exact) mass is 212 g/mol. The standard InChI is InChI=1S/C13H28N2/c1-4-12(5-2)9-14-10-13-6-7-15-11(3)8-13/h11-15H,4-10H2,1-3H3. The summed E-state index contributed by atoms with van der Waals surface area (Å²) in [5.74, 6) is 1.78. The molecular formula is C13H28N2. The number of rotatable bonds is 6. The molecule has 1 aliphatic heterocycles. The molecule has 0 aromatic heterocycles. The Balaban J connectivity index is 2.08. The van der Waals surface area contributed by atoms with Crippen molar-refractivity contribution in [1.29, 1.82) is 0 Å². The van der Waals surface area contributed by atoms with Gasteiger partial charge in [-0.2, -0.15) is 0 Å². The molecule has 0 aliphatic carbocycles. The van der Waals surface area contributed by atoms with E-state index in [4.69, 9.17) is 0 Å². The minimum Gasteiger partial charge on any atom is -0.316 e. The van der Waals surface area contributed by atoms with Crippen LogP contribution in [0.2, 0.25) is 0 Å². The second-order valence-electron chi connectivity index (χ2n) is 5.09. The van der Waals surface area contributed by atoms with Gasteiger partial charge in [0.15, 0.2) is 0 Å². The van der Waals surface area contributed by atoms with E-state index in [0.29, 0.717) is 0 Å². The van der Waals surface area contributed by atoms with E-state index in [-0.39, 0.29) is 0 Å². The highest BCUT2D eigenvalue weighted by Gasteiger charge is 2.17. The predicted octanol–water partition coefficient (Wildman–Crippen LogP) is 2.40. The Morgan fingerprint density at radius 2 is 2.07 bits per heavy atom. The molecule has 2 atom stereocenters. The van der Waals surface area contributed by atoms with Crippen LogP contribution in [0.25, 0.3) is 0 Å². The summed E-state index contributed by atoms with van der Waals surface area (Å²) in [5, 5.41) is 7.16. The fraction of sp³-hybridized carbons (Fsp3) is 1.00. The van der Waals surface area contributed by atoms with Crippen molar-refractivity contribution >= 4 is 0 Å². The first-order valence-corrected chi connectivity index (χ1v) is 6.70. The predicted molar refractivity (Wildman–Crippen MR) is 67.1 cm³/mol. The van der Waals surface area contributed by atoms with Crippen molar-refractivity contribution in [2.24, 2.45) is 11.8 Å². The molecule has 1 saturated heterocycles. The normalized spacial score (nSPS) is 27.2. The molecule has 0 spiro atoms. The Morgan fingerprint density at radius 1 is 1.33 bits per heavy atom. The van der Waals surface area contributed by atoms with E-state index in [0.717, 1.165) is 17.9 Å². The van der Waals surface area contributed by atoms with Gasteiger partial charge in [0.2, 0.25) is 0 Å². The van der Waals surface area contributed by atoms with Crippen molar-refractivity contribution in [1.82, 2.24) is 10.6 Å². The quantitative estimate of drug-likeness (QED) is 0.706. The molecule has 2 nitrogen and oxygen atoms in total. The number of hydrogen-bond acceptors (Lipinski definition) is 2. The van der Waals surface area contributed by atoms with Gasteiger partial charge in [0.25, 0.3) is 0 Å². The Kier molecular flexibility index (Phi) is 6.26. The molecule has 0 aromatic carbocycles. The van der Waals surface area contributed by atoms with Gasteiger partial charge in [-0.25, -0.2) is 0 Å². The van der Waals surface area contributed by atoms with Gasteiger partial charge in [-0.1, -0.05) is 26.7 Å². The first-order chi connectivity index (χ1) is 7.26. The summed E-state index contributed by atoms with van der Waals surface area (Å²) in [6.07, 6.45) is 5.31. The molecule has 0 amide bonds. The van der Waals surface area contributed by atoms with Crippen LogP contribution in [0.1, 0.15) is 46.5 Å². The van der Waals surface area contributed by atoms with Gasteiger partial charge >= 0.3 is 0 Å². The molecule has 1 heterocycles. The molecule has 2 N–H and O–H groups in total. The molecule has 15 heavy (non-hydrogen) atoms. The molecule has 90 valence electrons. The van der Waals surface area contributed by atoms with Gasteiger partial charge in [-0.15, -0.1) is 0 Å². The van der Waals surface area contributed by atoms with Crippen molar-refractivity contribution < 1.29 is 0 Å². The molecule has 0 saturated carbocycles. The van der Waals surface area contributed by atoms with Gasteiger partial charge in [-0.3, -0.25) is 0 Å². The van der Waals surface area contributed by atoms with E-state index in [1.807, 2.05) is 0 Å². The molecule has 0 bridgehead atoms. The summed E-state index contributed by atoms with van der Waals surface area (Å²) in [6, 6.07) is 0.721. The van der Waals surface area contributed by atoms with Gasteiger partial charge in [0.1, 0.15) is 0 Å². The zero-order valence-electron chi connectivity index (χ0n) is 10.7. The van der Waals surface area contributed by atoms with E-state index in [2.05, 4.69) is 31.4 Å². The van der Waals surface area contributed by atoms with Crippen LogP contribution in [0.5, 0.6) is 0 Å². The second kappa shape index (κ2) is 7.24. The number of hydrogen-bond donors (Lipinski definition) is 2. The fourth-order valence-electron chi connectivity index (χ4n) is 2.49. The zero-order chi connectivity index (χ0) is 11.1. The first kappa shape index (κ1) is 13.0. The average molecular weight is 212 g/mol. The third kappa shape index (κ3) is 4.98. The smallest absolute Gasteiger partial charge is 0.00418 e. The summed E-state index contributed by atoms with van der Waals surface area (Å²) in [7, 11) is 0. The second-order valence-corrected chi connectivity index (χ2v) is 5.09. The highest BCUT2D eigenvalue weighted by Crippen LogP contribution is 2.15. The first-order valence-electron chi connectivity index (χ1n) is 6.70. The SMILES string of the molecule is CCC(CC)CNCC1CCNC(C)C1. The number of piperidine rings is 1. The molecule has 1 aliphatic rings. The third-order valence-corrected chi connectivity index (χ3v) is 3.75. The lowest BCUT2D eigenvalue weighted by molar-refractivity contribution is 0.297. The van der Waals surface area contributed by atoms with Gasteiger partial charge in [-0.05, 0) is 51.2 Å². The molecular weight excluding hydrogens is 184 g/mol. The van der Waals surface area contributed by atoms with E-state index in [9.17, 15) is 0 Å². The van der Waals surface area contributed by atoms with Crippen molar-refractivity contribution in [3.05, 3.63) is 0 Å². The molecule has 0 radical (unpaired) electrons. The van der Waals surface area contributed by atoms with Crippen LogP contribution < -0.4 is 10.6 Å². The zero-order valence-corrected chi connectivity index (χ0v) is 10.7. The Labute approximate surface area is 95.2 Å². The molecule has 2 heteroatoms. The topological polar surface area (TPSA) is 24.1 Å². The summed E-state index contributed by atoms with van der Waals surface area (Å²) in [4.78, 5) is 0. The lowest BCUT2D eigenvalue weighted by Crippen LogP contribution is -2.40.